The molecule has 0 N–H and O–H groups in total. The molecule has 0 unspecified atom stereocenters. The van der Waals surface area contributed by atoms with E-state index in [9.17, 15) is 4.79 Å². The summed E-state index contributed by atoms with van der Waals surface area (Å²) < 4.78 is 10.3. The number of esters is 1. The lowest BCUT2D eigenvalue weighted by molar-refractivity contribution is -0.166. The van der Waals surface area contributed by atoms with Crippen LogP contribution in [0.15, 0.2) is 30.3 Å². The quantitative estimate of drug-likeness (QED) is 0.760. The van der Waals surface area contributed by atoms with Gasteiger partial charge in [0.15, 0.2) is 0 Å². The number of hydrogen-bond acceptors (Lipinski definition) is 4. The molecule has 0 aliphatic carbocycles. The fraction of sp³-hybridized carbons (Fsp3) is 0.500. The summed E-state index contributed by atoms with van der Waals surface area (Å²) in [6.07, 6.45) is 0. The number of hydrogen-bond donors (Lipinski definition) is 0. The number of rotatable bonds is 3. The number of morpholine rings is 1. The summed E-state index contributed by atoms with van der Waals surface area (Å²) in [7, 11) is 1.42. The molecule has 1 aromatic rings. The van der Waals surface area contributed by atoms with Crippen LogP contribution in [0.2, 0.25) is 0 Å². The number of benzene rings is 1. The van der Waals surface area contributed by atoms with E-state index in [1.54, 1.807) is 0 Å². The van der Waals surface area contributed by atoms with Gasteiger partial charge in [-0.15, -0.1) is 0 Å². The van der Waals surface area contributed by atoms with Gasteiger partial charge in [-0.1, -0.05) is 30.3 Å². The fourth-order valence-electron chi connectivity index (χ4n) is 2.25. The van der Waals surface area contributed by atoms with Gasteiger partial charge in [0.1, 0.15) is 5.54 Å². The number of carbonyl (C=O) groups is 1. The predicted molar refractivity (Wildman–Crippen MR) is 68.1 cm³/mol. The molecule has 1 aliphatic rings. The van der Waals surface area contributed by atoms with Crippen LogP contribution in [0.4, 0.5) is 0 Å². The second-order valence-corrected chi connectivity index (χ2v) is 4.73. The second kappa shape index (κ2) is 5.50. The van der Waals surface area contributed by atoms with Crippen LogP contribution in [-0.4, -0.2) is 43.3 Å². The molecular weight excluding hydrogens is 230 g/mol. The SMILES string of the molecule is COC(=O)[C@@]1(C)COCCN1Cc1ccccc1. The van der Waals surface area contributed by atoms with Gasteiger partial charge in [0.25, 0.3) is 0 Å². The van der Waals surface area contributed by atoms with Crippen molar-refractivity contribution >= 4 is 5.97 Å². The Kier molecular flexibility index (Phi) is 3.99. The van der Waals surface area contributed by atoms with E-state index in [0.29, 0.717) is 13.2 Å². The number of methoxy groups -OCH3 is 1. The molecule has 1 heterocycles. The molecule has 0 aromatic heterocycles. The van der Waals surface area contributed by atoms with Gasteiger partial charge in [-0.3, -0.25) is 4.90 Å². The maximum atomic E-state index is 11.9. The van der Waals surface area contributed by atoms with Crippen LogP contribution in [0.5, 0.6) is 0 Å². The first-order valence-corrected chi connectivity index (χ1v) is 6.12. The first-order chi connectivity index (χ1) is 8.66. The zero-order chi connectivity index (χ0) is 13.0. The Labute approximate surface area is 107 Å². The summed E-state index contributed by atoms with van der Waals surface area (Å²) >= 11 is 0. The van der Waals surface area contributed by atoms with E-state index in [4.69, 9.17) is 9.47 Å². The summed E-state index contributed by atoms with van der Waals surface area (Å²) in [6, 6.07) is 10.1. The lowest BCUT2D eigenvalue weighted by Crippen LogP contribution is -2.59. The molecule has 0 spiro atoms. The van der Waals surface area contributed by atoms with Crippen molar-refractivity contribution in [3.63, 3.8) is 0 Å². The maximum Gasteiger partial charge on any atom is 0.328 e. The Morgan fingerprint density at radius 1 is 1.44 bits per heavy atom. The molecule has 2 rings (SSSR count). The van der Waals surface area contributed by atoms with Gasteiger partial charge in [0.2, 0.25) is 0 Å². The van der Waals surface area contributed by atoms with Crippen LogP contribution in [0.1, 0.15) is 12.5 Å². The lowest BCUT2D eigenvalue weighted by atomic mass is 9.98. The highest BCUT2D eigenvalue weighted by molar-refractivity contribution is 5.80. The van der Waals surface area contributed by atoms with E-state index in [2.05, 4.69) is 17.0 Å². The maximum absolute atomic E-state index is 11.9. The van der Waals surface area contributed by atoms with Crippen LogP contribution < -0.4 is 0 Å². The Morgan fingerprint density at radius 3 is 2.83 bits per heavy atom. The summed E-state index contributed by atoms with van der Waals surface area (Å²) in [5, 5.41) is 0. The van der Waals surface area contributed by atoms with E-state index < -0.39 is 5.54 Å². The van der Waals surface area contributed by atoms with Gasteiger partial charge in [-0.2, -0.15) is 0 Å². The van der Waals surface area contributed by atoms with Crippen molar-refractivity contribution in [3.05, 3.63) is 35.9 Å². The summed E-state index contributed by atoms with van der Waals surface area (Å²) in [4.78, 5) is 14.1. The molecule has 1 aliphatic heterocycles. The van der Waals surface area contributed by atoms with Crippen molar-refractivity contribution < 1.29 is 14.3 Å². The third-order valence-corrected chi connectivity index (χ3v) is 3.43. The smallest absolute Gasteiger partial charge is 0.328 e. The minimum Gasteiger partial charge on any atom is -0.468 e. The van der Waals surface area contributed by atoms with Gasteiger partial charge >= 0.3 is 5.97 Å². The summed E-state index contributed by atoms with van der Waals surface area (Å²) in [5.41, 5.74) is 0.498. The van der Waals surface area contributed by atoms with Crippen molar-refractivity contribution in [2.75, 3.05) is 26.9 Å². The van der Waals surface area contributed by atoms with Crippen LogP contribution in [0.3, 0.4) is 0 Å². The van der Waals surface area contributed by atoms with E-state index in [1.807, 2.05) is 25.1 Å². The van der Waals surface area contributed by atoms with E-state index in [1.165, 1.54) is 12.7 Å². The topological polar surface area (TPSA) is 38.8 Å². The molecule has 0 bridgehead atoms. The Morgan fingerprint density at radius 2 is 2.17 bits per heavy atom. The summed E-state index contributed by atoms with van der Waals surface area (Å²) in [5.74, 6) is -0.238. The third kappa shape index (κ3) is 2.54. The van der Waals surface area contributed by atoms with Crippen molar-refractivity contribution in [2.24, 2.45) is 0 Å². The molecule has 4 heteroatoms. The van der Waals surface area contributed by atoms with E-state index in [0.717, 1.165) is 13.1 Å². The van der Waals surface area contributed by atoms with Crippen molar-refractivity contribution in [3.8, 4) is 0 Å². The van der Waals surface area contributed by atoms with Gasteiger partial charge < -0.3 is 9.47 Å². The van der Waals surface area contributed by atoms with Crippen molar-refractivity contribution in [2.45, 2.75) is 19.0 Å². The van der Waals surface area contributed by atoms with Gasteiger partial charge in [0.05, 0.1) is 20.3 Å². The molecule has 1 atom stereocenters. The minimum atomic E-state index is -0.692. The molecule has 1 aromatic carbocycles. The van der Waals surface area contributed by atoms with Gasteiger partial charge in [0, 0.05) is 13.1 Å². The number of nitrogens with zero attached hydrogens (tertiary/aromatic N) is 1. The average Bonchev–Trinajstić information content (AvgIpc) is 2.42. The Bertz CT molecular complexity index is 407. The summed E-state index contributed by atoms with van der Waals surface area (Å²) in [6.45, 7) is 4.38. The zero-order valence-corrected chi connectivity index (χ0v) is 10.9. The van der Waals surface area contributed by atoms with Gasteiger partial charge in [-0.25, -0.2) is 4.79 Å². The normalized spacial score (nSPS) is 24.8. The highest BCUT2D eigenvalue weighted by atomic mass is 16.5. The first kappa shape index (κ1) is 13.1. The monoisotopic (exact) mass is 249 g/mol. The van der Waals surface area contributed by atoms with E-state index >= 15 is 0 Å². The largest absolute Gasteiger partial charge is 0.468 e. The molecule has 1 fully saturated rings. The molecule has 1 saturated heterocycles. The second-order valence-electron chi connectivity index (χ2n) is 4.73. The molecule has 0 radical (unpaired) electrons. The number of carbonyl (C=O) groups excluding carboxylic acids is 1. The van der Waals surface area contributed by atoms with E-state index in [-0.39, 0.29) is 5.97 Å². The third-order valence-electron chi connectivity index (χ3n) is 3.43. The lowest BCUT2D eigenvalue weighted by Gasteiger charge is -2.42. The number of ether oxygens (including phenoxy) is 2. The molecular formula is C14H19NO3. The highest BCUT2D eigenvalue weighted by Crippen LogP contribution is 2.23. The van der Waals surface area contributed by atoms with Gasteiger partial charge in [-0.05, 0) is 12.5 Å². The predicted octanol–water partition coefficient (Wildman–Crippen LogP) is 1.45. The molecule has 4 nitrogen and oxygen atoms in total. The van der Waals surface area contributed by atoms with Crippen LogP contribution in [-0.2, 0) is 20.8 Å². The van der Waals surface area contributed by atoms with Crippen molar-refractivity contribution in [1.82, 2.24) is 4.90 Å². The fourth-order valence-corrected chi connectivity index (χ4v) is 2.25. The zero-order valence-electron chi connectivity index (χ0n) is 10.9. The average molecular weight is 249 g/mol. The highest BCUT2D eigenvalue weighted by Gasteiger charge is 2.43. The van der Waals surface area contributed by atoms with Crippen LogP contribution >= 0.6 is 0 Å². The minimum absolute atomic E-state index is 0.238. The Hall–Kier alpha value is -1.39. The Balaban J connectivity index is 2.16. The van der Waals surface area contributed by atoms with Crippen LogP contribution in [0.25, 0.3) is 0 Å². The standard InChI is InChI=1S/C14H19NO3/c1-14(13(16)17-2)11-18-9-8-15(14)10-12-6-4-3-5-7-12/h3-7H,8-11H2,1-2H3/t14-/m1/s1. The van der Waals surface area contributed by atoms with Crippen LogP contribution in [0, 0.1) is 0 Å². The molecule has 18 heavy (non-hydrogen) atoms. The first-order valence-electron chi connectivity index (χ1n) is 6.12. The molecule has 0 saturated carbocycles. The molecule has 98 valence electrons. The molecule has 0 amide bonds. The van der Waals surface area contributed by atoms with Crippen molar-refractivity contribution in [1.29, 1.82) is 0 Å².